The lowest BCUT2D eigenvalue weighted by Gasteiger charge is -2.09. The Labute approximate surface area is 101 Å². The lowest BCUT2D eigenvalue weighted by atomic mass is 10.1. The molecule has 2 aromatic rings. The Kier molecular flexibility index (Phi) is 3.24. The third-order valence-corrected chi connectivity index (χ3v) is 2.59. The van der Waals surface area contributed by atoms with Crippen molar-refractivity contribution in [3.05, 3.63) is 59.2 Å². The van der Waals surface area contributed by atoms with Crippen LogP contribution >= 0.6 is 0 Å². The van der Waals surface area contributed by atoms with Gasteiger partial charge in [0.15, 0.2) is 0 Å². The second-order valence-electron chi connectivity index (χ2n) is 4.06. The summed E-state index contributed by atoms with van der Waals surface area (Å²) in [6, 6.07) is 13.2. The van der Waals surface area contributed by atoms with Gasteiger partial charge in [-0.25, -0.2) is 0 Å². The highest BCUT2D eigenvalue weighted by atomic mass is 16.5. The molecule has 0 atom stereocenters. The van der Waals surface area contributed by atoms with Crippen molar-refractivity contribution in [2.75, 3.05) is 0 Å². The minimum Gasteiger partial charge on any atom is -0.457 e. The van der Waals surface area contributed by atoms with E-state index in [4.69, 9.17) is 4.74 Å². The van der Waals surface area contributed by atoms with Crippen LogP contribution in [0.3, 0.4) is 0 Å². The maximum absolute atomic E-state index is 10.5. The predicted octanol–water partition coefficient (Wildman–Crippen LogP) is 3.91. The van der Waals surface area contributed by atoms with Crippen molar-refractivity contribution in [1.29, 1.82) is 0 Å². The molecule has 0 fully saturated rings. The van der Waals surface area contributed by atoms with Gasteiger partial charge in [0.1, 0.15) is 17.8 Å². The average Bonchev–Trinajstić information content (AvgIpc) is 2.35. The SMILES string of the molecule is Cc1ccc(C)c(Oc2ccc(C=O)cc2)c1. The zero-order chi connectivity index (χ0) is 12.3. The molecule has 0 saturated heterocycles. The van der Waals surface area contributed by atoms with Crippen LogP contribution in [0.2, 0.25) is 0 Å². The van der Waals surface area contributed by atoms with Crippen molar-refractivity contribution in [3.63, 3.8) is 0 Å². The summed E-state index contributed by atoms with van der Waals surface area (Å²) in [4.78, 5) is 10.5. The van der Waals surface area contributed by atoms with Gasteiger partial charge in [-0.1, -0.05) is 12.1 Å². The highest BCUT2D eigenvalue weighted by Crippen LogP contribution is 2.25. The van der Waals surface area contributed by atoms with Gasteiger partial charge >= 0.3 is 0 Å². The van der Waals surface area contributed by atoms with Crippen molar-refractivity contribution in [2.24, 2.45) is 0 Å². The quantitative estimate of drug-likeness (QED) is 0.742. The second kappa shape index (κ2) is 4.83. The molecular weight excluding hydrogens is 212 g/mol. The number of carbonyl (C=O) groups excluding carboxylic acids is 1. The molecule has 0 aliphatic carbocycles. The fraction of sp³-hybridized carbons (Fsp3) is 0.133. The van der Waals surface area contributed by atoms with E-state index in [1.54, 1.807) is 24.3 Å². The van der Waals surface area contributed by atoms with Crippen molar-refractivity contribution in [1.82, 2.24) is 0 Å². The lowest BCUT2D eigenvalue weighted by Crippen LogP contribution is -1.89. The smallest absolute Gasteiger partial charge is 0.150 e. The van der Waals surface area contributed by atoms with Crippen LogP contribution in [-0.2, 0) is 0 Å². The number of rotatable bonds is 3. The first kappa shape index (κ1) is 11.4. The van der Waals surface area contributed by atoms with Crippen LogP contribution in [-0.4, -0.2) is 6.29 Å². The molecule has 0 spiro atoms. The van der Waals surface area contributed by atoms with E-state index in [1.807, 2.05) is 26.0 Å². The molecule has 0 unspecified atom stereocenters. The Morgan fingerprint density at radius 3 is 2.35 bits per heavy atom. The topological polar surface area (TPSA) is 26.3 Å². The highest BCUT2D eigenvalue weighted by molar-refractivity contribution is 5.74. The maximum atomic E-state index is 10.5. The molecule has 2 heteroatoms. The average molecular weight is 226 g/mol. The summed E-state index contributed by atoms with van der Waals surface area (Å²) in [5.74, 6) is 1.59. The predicted molar refractivity (Wildman–Crippen MR) is 67.8 cm³/mol. The minimum atomic E-state index is 0.651. The Morgan fingerprint density at radius 1 is 1.00 bits per heavy atom. The highest BCUT2D eigenvalue weighted by Gasteiger charge is 2.01. The van der Waals surface area contributed by atoms with Gasteiger partial charge in [-0.15, -0.1) is 0 Å². The molecule has 0 saturated carbocycles. The van der Waals surface area contributed by atoms with E-state index >= 15 is 0 Å². The Bertz CT molecular complexity index is 527. The first-order valence-corrected chi connectivity index (χ1v) is 5.49. The second-order valence-corrected chi connectivity index (χ2v) is 4.06. The Balaban J connectivity index is 2.24. The van der Waals surface area contributed by atoms with Crippen LogP contribution < -0.4 is 4.74 Å². The zero-order valence-corrected chi connectivity index (χ0v) is 9.94. The van der Waals surface area contributed by atoms with Gasteiger partial charge in [0.2, 0.25) is 0 Å². The molecule has 17 heavy (non-hydrogen) atoms. The normalized spacial score (nSPS) is 10.0. The largest absolute Gasteiger partial charge is 0.457 e. The van der Waals surface area contributed by atoms with Gasteiger partial charge < -0.3 is 4.74 Å². The van der Waals surface area contributed by atoms with Crippen LogP contribution in [0, 0.1) is 13.8 Å². The molecule has 0 aromatic heterocycles. The number of aldehydes is 1. The molecule has 0 radical (unpaired) electrons. The van der Waals surface area contributed by atoms with E-state index in [1.165, 1.54) is 0 Å². The minimum absolute atomic E-state index is 0.651. The molecule has 0 N–H and O–H groups in total. The van der Waals surface area contributed by atoms with E-state index in [0.29, 0.717) is 5.56 Å². The van der Waals surface area contributed by atoms with Crippen LogP contribution in [0.4, 0.5) is 0 Å². The zero-order valence-electron chi connectivity index (χ0n) is 9.94. The summed E-state index contributed by atoms with van der Waals surface area (Å²) >= 11 is 0. The number of benzene rings is 2. The fourth-order valence-electron chi connectivity index (χ4n) is 1.56. The number of aryl methyl sites for hydroxylation is 2. The van der Waals surface area contributed by atoms with Crippen molar-refractivity contribution in [3.8, 4) is 11.5 Å². The van der Waals surface area contributed by atoms with Gasteiger partial charge in [-0.3, -0.25) is 4.79 Å². The Hall–Kier alpha value is -2.09. The Morgan fingerprint density at radius 2 is 1.71 bits per heavy atom. The van der Waals surface area contributed by atoms with Gasteiger partial charge in [-0.05, 0) is 55.3 Å². The summed E-state index contributed by atoms with van der Waals surface area (Å²) in [5.41, 5.74) is 2.91. The molecule has 0 heterocycles. The summed E-state index contributed by atoms with van der Waals surface area (Å²) in [6.07, 6.45) is 0.821. The van der Waals surface area contributed by atoms with E-state index in [2.05, 4.69) is 6.07 Å². The molecule has 0 aliphatic heterocycles. The fourth-order valence-corrected chi connectivity index (χ4v) is 1.56. The first-order valence-electron chi connectivity index (χ1n) is 5.49. The summed E-state index contributed by atoms with van der Waals surface area (Å²) in [7, 11) is 0. The maximum Gasteiger partial charge on any atom is 0.150 e. The molecule has 0 bridgehead atoms. The molecule has 2 aromatic carbocycles. The van der Waals surface area contributed by atoms with Crippen LogP contribution in [0.25, 0.3) is 0 Å². The molecule has 2 rings (SSSR count). The third kappa shape index (κ3) is 2.72. The van der Waals surface area contributed by atoms with E-state index in [0.717, 1.165) is 28.9 Å². The molecule has 0 amide bonds. The van der Waals surface area contributed by atoms with E-state index in [-0.39, 0.29) is 0 Å². The van der Waals surface area contributed by atoms with Gasteiger partial charge in [0.25, 0.3) is 0 Å². The monoisotopic (exact) mass is 226 g/mol. The van der Waals surface area contributed by atoms with Crippen LogP contribution in [0.15, 0.2) is 42.5 Å². The number of carbonyl (C=O) groups is 1. The van der Waals surface area contributed by atoms with Crippen LogP contribution in [0.1, 0.15) is 21.5 Å². The van der Waals surface area contributed by atoms with Gasteiger partial charge in [0, 0.05) is 5.56 Å². The van der Waals surface area contributed by atoms with Crippen molar-refractivity contribution < 1.29 is 9.53 Å². The number of ether oxygens (including phenoxy) is 1. The molecule has 0 aliphatic rings. The number of hydrogen-bond donors (Lipinski definition) is 0. The molecule has 2 nitrogen and oxygen atoms in total. The standard InChI is InChI=1S/C15H14O2/c1-11-3-4-12(2)15(9-11)17-14-7-5-13(10-16)6-8-14/h3-10H,1-2H3. The van der Waals surface area contributed by atoms with Gasteiger partial charge in [-0.2, -0.15) is 0 Å². The lowest BCUT2D eigenvalue weighted by molar-refractivity contribution is 0.112. The van der Waals surface area contributed by atoms with Crippen molar-refractivity contribution in [2.45, 2.75) is 13.8 Å². The summed E-state index contributed by atoms with van der Waals surface area (Å²) < 4.78 is 5.77. The molecular formula is C15H14O2. The van der Waals surface area contributed by atoms with E-state index in [9.17, 15) is 4.79 Å². The van der Waals surface area contributed by atoms with Crippen LogP contribution in [0.5, 0.6) is 11.5 Å². The summed E-state index contributed by atoms with van der Waals surface area (Å²) in [5, 5.41) is 0. The van der Waals surface area contributed by atoms with E-state index < -0.39 is 0 Å². The van der Waals surface area contributed by atoms with Gasteiger partial charge in [0.05, 0.1) is 0 Å². The summed E-state index contributed by atoms with van der Waals surface area (Å²) in [6.45, 7) is 4.04. The third-order valence-electron chi connectivity index (χ3n) is 2.59. The first-order chi connectivity index (χ1) is 8.19. The molecule has 86 valence electrons. The number of hydrogen-bond acceptors (Lipinski definition) is 2. The van der Waals surface area contributed by atoms with Crippen molar-refractivity contribution >= 4 is 6.29 Å².